The number of amides is 2. The van der Waals surface area contributed by atoms with Crippen LogP contribution in [0.2, 0.25) is 10.0 Å². The quantitative estimate of drug-likeness (QED) is 0.888. The van der Waals surface area contributed by atoms with Crippen LogP contribution in [0.5, 0.6) is 5.75 Å². The van der Waals surface area contributed by atoms with Gasteiger partial charge < -0.3 is 15.4 Å². The second-order valence-corrected chi connectivity index (χ2v) is 5.73. The number of nitrogens with one attached hydrogen (secondary N) is 2. The standard InChI is InChI=1S/C14H16Cl2N2O3/c1-8(21-12-4-2-9(15)6-11(12)16)14(20)18-10-3-5-13(19)17-7-10/h2,4,6,8,10H,3,5,7H2,1H3,(H,17,19)(H,18,20). The average molecular weight is 331 g/mol. The Hall–Kier alpha value is -1.46. The highest BCUT2D eigenvalue weighted by molar-refractivity contribution is 6.35. The van der Waals surface area contributed by atoms with Crippen molar-refractivity contribution in [3.8, 4) is 5.75 Å². The van der Waals surface area contributed by atoms with Gasteiger partial charge in [-0.2, -0.15) is 0 Å². The number of ether oxygens (including phenoxy) is 1. The summed E-state index contributed by atoms with van der Waals surface area (Å²) in [6.45, 7) is 2.08. The summed E-state index contributed by atoms with van der Waals surface area (Å²) in [4.78, 5) is 23.1. The molecule has 2 amide bonds. The molecule has 1 aromatic carbocycles. The van der Waals surface area contributed by atoms with Crippen LogP contribution in [-0.4, -0.2) is 30.5 Å². The number of hydrogen-bond acceptors (Lipinski definition) is 3. The van der Waals surface area contributed by atoms with Crippen LogP contribution in [0.15, 0.2) is 18.2 Å². The lowest BCUT2D eigenvalue weighted by Crippen LogP contribution is -2.50. The van der Waals surface area contributed by atoms with Gasteiger partial charge >= 0.3 is 0 Å². The van der Waals surface area contributed by atoms with Crippen molar-refractivity contribution in [1.82, 2.24) is 10.6 Å². The van der Waals surface area contributed by atoms with Crippen LogP contribution in [0, 0.1) is 0 Å². The van der Waals surface area contributed by atoms with Crippen molar-refractivity contribution < 1.29 is 14.3 Å². The third-order valence-electron chi connectivity index (χ3n) is 3.18. The molecule has 2 atom stereocenters. The molecule has 5 nitrogen and oxygen atoms in total. The molecule has 1 aliphatic heterocycles. The van der Waals surface area contributed by atoms with Gasteiger partial charge in [0.25, 0.3) is 5.91 Å². The zero-order valence-corrected chi connectivity index (χ0v) is 13.0. The van der Waals surface area contributed by atoms with Crippen LogP contribution in [0.25, 0.3) is 0 Å². The molecule has 2 unspecified atom stereocenters. The second kappa shape index (κ2) is 7.00. The Morgan fingerprint density at radius 3 is 2.86 bits per heavy atom. The Morgan fingerprint density at radius 1 is 1.48 bits per heavy atom. The fraction of sp³-hybridized carbons (Fsp3) is 0.429. The highest BCUT2D eigenvalue weighted by Crippen LogP contribution is 2.28. The van der Waals surface area contributed by atoms with Gasteiger partial charge in [0.1, 0.15) is 5.75 Å². The van der Waals surface area contributed by atoms with Gasteiger partial charge in [-0.05, 0) is 31.5 Å². The minimum atomic E-state index is -0.693. The van der Waals surface area contributed by atoms with Gasteiger partial charge in [0.2, 0.25) is 5.91 Å². The van der Waals surface area contributed by atoms with E-state index in [1.807, 2.05) is 0 Å². The summed E-state index contributed by atoms with van der Waals surface area (Å²) in [6.07, 6.45) is 0.358. The van der Waals surface area contributed by atoms with Crippen LogP contribution >= 0.6 is 23.2 Å². The third-order valence-corrected chi connectivity index (χ3v) is 3.71. The highest BCUT2D eigenvalue weighted by Gasteiger charge is 2.23. The summed E-state index contributed by atoms with van der Waals surface area (Å²) in [6, 6.07) is 4.75. The minimum absolute atomic E-state index is 0.0118. The normalized spacial score (nSPS) is 19.6. The molecular formula is C14H16Cl2N2O3. The number of rotatable bonds is 4. The van der Waals surface area contributed by atoms with Crippen LogP contribution < -0.4 is 15.4 Å². The third kappa shape index (κ3) is 4.51. The monoisotopic (exact) mass is 330 g/mol. The molecular weight excluding hydrogens is 315 g/mol. The maximum atomic E-state index is 12.1. The van der Waals surface area contributed by atoms with Crippen molar-refractivity contribution in [2.24, 2.45) is 0 Å². The largest absolute Gasteiger partial charge is 0.479 e. The summed E-state index contributed by atoms with van der Waals surface area (Å²) in [5.74, 6) is 0.167. The Labute approximate surface area is 132 Å². The molecule has 0 radical (unpaired) electrons. The van der Waals surface area contributed by atoms with Gasteiger partial charge in [-0.15, -0.1) is 0 Å². The lowest BCUT2D eigenvalue weighted by atomic mass is 10.1. The summed E-state index contributed by atoms with van der Waals surface area (Å²) in [5.41, 5.74) is 0. The van der Waals surface area contributed by atoms with E-state index < -0.39 is 6.10 Å². The molecule has 0 saturated carbocycles. The van der Waals surface area contributed by atoms with E-state index in [1.54, 1.807) is 25.1 Å². The smallest absolute Gasteiger partial charge is 0.261 e. The van der Waals surface area contributed by atoms with E-state index in [0.717, 1.165) is 0 Å². The second-order valence-electron chi connectivity index (χ2n) is 4.88. The summed E-state index contributed by atoms with van der Waals surface area (Å²) in [7, 11) is 0. The topological polar surface area (TPSA) is 67.4 Å². The molecule has 1 fully saturated rings. The van der Waals surface area contributed by atoms with Crippen LogP contribution in [0.4, 0.5) is 0 Å². The summed E-state index contributed by atoms with van der Waals surface area (Å²) < 4.78 is 5.53. The number of piperidine rings is 1. The molecule has 1 aliphatic rings. The van der Waals surface area contributed by atoms with E-state index in [0.29, 0.717) is 35.2 Å². The molecule has 114 valence electrons. The number of hydrogen-bond donors (Lipinski definition) is 2. The van der Waals surface area contributed by atoms with Gasteiger partial charge in [0.15, 0.2) is 6.10 Å². The predicted octanol–water partition coefficient (Wildman–Crippen LogP) is 2.16. The van der Waals surface area contributed by atoms with E-state index in [2.05, 4.69) is 10.6 Å². The molecule has 2 rings (SSSR count). The van der Waals surface area contributed by atoms with Crippen molar-refractivity contribution in [1.29, 1.82) is 0 Å². The van der Waals surface area contributed by atoms with Crippen LogP contribution in [0.3, 0.4) is 0 Å². The molecule has 21 heavy (non-hydrogen) atoms. The number of carbonyl (C=O) groups is 2. The van der Waals surface area contributed by atoms with Crippen molar-refractivity contribution in [2.45, 2.75) is 31.9 Å². The van der Waals surface area contributed by atoms with E-state index in [4.69, 9.17) is 27.9 Å². The summed E-state index contributed by atoms with van der Waals surface area (Å²) in [5, 5.41) is 6.41. The first-order valence-corrected chi connectivity index (χ1v) is 7.40. The van der Waals surface area contributed by atoms with Crippen molar-refractivity contribution in [3.63, 3.8) is 0 Å². The molecule has 0 aliphatic carbocycles. The Balaban J connectivity index is 1.89. The van der Waals surface area contributed by atoms with Gasteiger partial charge in [-0.1, -0.05) is 23.2 Å². The van der Waals surface area contributed by atoms with Crippen molar-refractivity contribution in [3.05, 3.63) is 28.2 Å². The lowest BCUT2D eigenvalue weighted by Gasteiger charge is -2.25. The lowest BCUT2D eigenvalue weighted by molar-refractivity contribution is -0.129. The van der Waals surface area contributed by atoms with Gasteiger partial charge in [-0.25, -0.2) is 0 Å². The molecule has 0 bridgehead atoms. The maximum Gasteiger partial charge on any atom is 0.261 e. The zero-order chi connectivity index (χ0) is 15.4. The maximum absolute atomic E-state index is 12.1. The van der Waals surface area contributed by atoms with E-state index in [-0.39, 0.29) is 17.9 Å². The van der Waals surface area contributed by atoms with Crippen molar-refractivity contribution in [2.75, 3.05) is 6.54 Å². The number of benzene rings is 1. The molecule has 0 spiro atoms. The molecule has 1 saturated heterocycles. The SMILES string of the molecule is CC(Oc1ccc(Cl)cc1Cl)C(=O)NC1CCC(=O)NC1. The summed E-state index contributed by atoms with van der Waals surface area (Å²) >= 11 is 11.8. The first-order chi connectivity index (χ1) is 9.95. The fourth-order valence-corrected chi connectivity index (χ4v) is 2.44. The first kappa shape index (κ1) is 15.9. The highest BCUT2D eigenvalue weighted by atomic mass is 35.5. The first-order valence-electron chi connectivity index (χ1n) is 6.64. The Kier molecular flexibility index (Phi) is 5.31. The van der Waals surface area contributed by atoms with E-state index in [9.17, 15) is 9.59 Å². The van der Waals surface area contributed by atoms with E-state index in [1.165, 1.54) is 0 Å². The molecule has 0 aromatic heterocycles. The van der Waals surface area contributed by atoms with Crippen molar-refractivity contribution >= 4 is 35.0 Å². The number of halogens is 2. The minimum Gasteiger partial charge on any atom is -0.479 e. The van der Waals surface area contributed by atoms with E-state index >= 15 is 0 Å². The molecule has 1 aromatic rings. The van der Waals surface area contributed by atoms with Gasteiger partial charge in [-0.3, -0.25) is 9.59 Å². The Morgan fingerprint density at radius 2 is 2.24 bits per heavy atom. The molecule has 2 N–H and O–H groups in total. The van der Waals surface area contributed by atoms with Gasteiger partial charge in [0.05, 0.1) is 5.02 Å². The average Bonchev–Trinajstić information content (AvgIpc) is 2.44. The molecule has 1 heterocycles. The number of carbonyl (C=O) groups excluding carboxylic acids is 2. The Bertz CT molecular complexity index is 541. The zero-order valence-electron chi connectivity index (χ0n) is 11.5. The van der Waals surface area contributed by atoms with Crippen LogP contribution in [0.1, 0.15) is 19.8 Å². The van der Waals surface area contributed by atoms with Gasteiger partial charge in [0, 0.05) is 24.0 Å². The molecule has 7 heteroatoms. The predicted molar refractivity (Wildman–Crippen MR) is 80.7 cm³/mol. The van der Waals surface area contributed by atoms with Crippen LogP contribution in [-0.2, 0) is 9.59 Å². The fourth-order valence-electron chi connectivity index (χ4n) is 1.99.